The lowest BCUT2D eigenvalue weighted by molar-refractivity contribution is 0.568. The molecular formula is C62H47N3. The molecule has 1 aromatic heterocycles. The van der Waals surface area contributed by atoms with Gasteiger partial charge in [-0.05, 0) is 145 Å². The van der Waals surface area contributed by atoms with E-state index < -0.39 is 0 Å². The van der Waals surface area contributed by atoms with E-state index >= 15 is 0 Å². The lowest BCUT2D eigenvalue weighted by Crippen LogP contribution is -2.33. The third kappa shape index (κ3) is 6.02. The van der Waals surface area contributed by atoms with Crippen LogP contribution in [0.2, 0.25) is 0 Å². The predicted octanol–water partition coefficient (Wildman–Crippen LogP) is 15.8. The Balaban J connectivity index is 0.799. The second kappa shape index (κ2) is 14.7. The smallest absolute Gasteiger partial charge is 0.0971 e. The van der Waals surface area contributed by atoms with Crippen LogP contribution in [0.3, 0.4) is 0 Å². The predicted molar refractivity (Wildman–Crippen MR) is 272 cm³/mol. The molecule has 0 saturated carbocycles. The molecule has 0 fully saturated rings. The highest BCUT2D eigenvalue weighted by atomic mass is 15.2. The van der Waals surface area contributed by atoms with Crippen LogP contribution in [0.15, 0.2) is 206 Å². The van der Waals surface area contributed by atoms with E-state index in [0.29, 0.717) is 12.0 Å². The van der Waals surface area contributed by atoms with E-state index in [1.165, 1.54) is 94.5 Å². The summed E-state index contributed by atoms with van der Waals surface area (Å²) in [6, 6.07) is 57.4. The van der Waals surface area contributed by atoms with E-state index in [1.54, 1.807) is 12.4 Å². The van der Waals surface area contributed by atoms with Gasteiger partial charge < -0.3 is 4.90 Å². The van der Waals surface area contributed by atoms with Crippen molar-refractivity contribution in [1.82, 2.24) is 9.97 Å². The summed E-state index contributed by atoms with van der Waals surface area (Å²) in [5.74, 6) is 0.440. The lowest BCUT2D eigenvalue weighted by Gasteiger charge is -2.34. The normalized spacial score (nSPS) is 18.0. The van der Waals surface area contributed by atoms with Gasteiger partial charge in [0, 0.05) is 45.5 Å². The Labute approximate surface area is 380 Å². The minimum absolute atomic E-state index is 0.154. The van der Waals surface area contributed by atoms with Crippen molar-refractivity contribution in [2.24, 2.45) is 0 Å². The van der Waals surface area contributed by atoms with E-state index in [2.05, 4.69) is 207 Å². The van der Waals surface area contributed by atoms with Gasteiger partial charge in [-0.1, -0.05) is 159 Å². The van der Waals surface area contributed by atoms with Gasteiger partial charge in [-0.3, -0.25) is 9.97 Å². The highest BCUT2D eigenvalue weighted by molar-refractivity contribution is 6.23. The van der Waals surface area contributed by atoms with Gasteiger partial charge in [0.25, 0.3) is 0 Å². The molecule has 0 spiro atoms. The van der Waals surface area contributed by atoms with E-state index in [4.69, 9.17) is 9.97 Å². The van der Waals surface area contributed by atoms with Crippen molar-refractivity contribution in [3.8, 4) is 44.5 Å². The number of aromatic nitrogens is 2. The molecule has 9 aromatic rings. The third-order valence-corrected chi connectivity index (χ3v) is 14.9. The molecule has 3 nitrogen and oxygen atoms in total. The highest BCUT2D eigenvalue weighted by Gasteiger charge is 2.39. The van der Waals surface area contributed by atoms with Crippen molar-refractivity contribution in [2.75, 3.05) is 4.90 Å². The van der Waals surface area contributed by atoms with Crippen molar-refractivity contribution in [1.29, 1.82) is 0 Å². The second-order valence-electron chi connectivity index (χ2n) is 18.8. The van der Waals surface area contributed by atoms with Gasteiger partial charge in [-0.2, -0.15) is 0 Å². The minimum atomic E-state index is -0.154. The Morgan fingerprint density at radius 3 is 1.94 bits per heavy atom. The van der Waals surface area contributed by atoms with E-state index in [0.717, 1.165) is 41.1 Å². The number of nitrogens with zero attached hydrogens (tertiary/aromatic N) is 3. The third-order valence-electron chi connectivity index (χ3n) is 14.9. The van der Waals surface area contributed by atoms with Crippen LogP contribution in [0.1, 0.15) is 61.3 Å². The van der Waals surface area contributed by atoms with Gasteiger partial charge >= 0.3 is 0 Å². The molecule has 8 aromatic carbocycles. The van der Waals surface area contributed by atoms with Crippen molar-refractivity contribution >= 4 is 43.8 Å². The monoisotopic (exact) mass is 833 g/mol. The fourth-order valence-electron chi connectivity index (χ4n) is 11.6. The Hall–Kier alpha value is -7.62. The van der Waals surface area contributed by atoms with E-state index in [-0.39, 0.29) is 5.41 Å². The molecule has 65 heavy (non-hydrogen) atoms. The molecule has 0 bridgehead atoms. The van der Waals surface area contributed by atoms with Crippen LogP contribution in [-0.2, 0) is 5.41 Å². The molecule has 3 heteroatoms. The Kier molecular flexibility index (Phi) is 8.58. The molecule has 13 rings (SSSR count). The van der Waals surface area contributed by atoms with Crippen LogP contribution in [0.4, 0.5) is 5.69 Å². The molecule has 3 aliphatic carbocycles. The first-order valence-corrected chi connectivity index (χ1v) is 23.2. The molecule has 2 heterocycles. The van der Waals surface area contributed by atoms with Crippen LogP contribution >= 0.6 is 0 Å². The van der Waals surface area contributed by atoms with Gasteiger partial charge in [0.1, 0.15) is 0 Å². The molecule has 0 N–H and O–H groups in total. The summed E-state index contributed by atoms with van der Waals surface area (Å²) in [6.45, 7) is 4.80. The SMILES string of the molecule is CC1(C)c2cc(-c3cccc(-c4ccc5c(c4)c4ccccc4c4nccnc54)c3)ccc2-c2ccc(-c3cccc(C4CC=C5c6ccccc6N(C6=CC=CCC=C6)C5C4)c3)cc21. The number of rotatable bonds is 5. The van der Waals surface area contributed by atoms with E-state index in [1.807, 2.05) is 0 Å². The number of para-hydroxylation sites is 1. The molecule has 2 unspecified atom stereocenters. The van der Waals surface area contributed by atoms with Crippen LogP contribution in [-0.4, -0.2) is 16.0 Å². The summed E-state index contributed by atoms with van der Waals surface area (Å²) in [7, 11) is 0. The Morgan fingerprint density at radius 2 is 1.17 bits per heavy atom. The Bertz CT molecular complexity index is 3550. The quantitative estimate of drug-likeness (QED) is 0.162. The van der Waals surface area contributed by atoms with Crippen LogP contribution in [0, 0.1) is 0 Å². The fourth-order valence-corrected chi connectivity index (χ4v) is 11.6. The summed E-state index contributed by atoms with van der Waals surface area (Å²) in [4.78, 5) is 12.1. The van der Waals surface area contributed by atoms with Gasteiger partial charge in [-0.25, -0.2) is 0 Å². The zero-order valence-electron chi connectivity index (χ0n) is 36.7. The average molecular weight is 834 g/mol. The zero-order chi connectivity index (χ0) is 43.2. The number of benzene rings is 8. The maximum Gasteiger partial charge on any atom is 0.0971 e. The number of anilines is 1. The summed E-state index contributed by atoms with van der Waals surface area (Å²) >= 11 is 0. The average Bonchev–Trinajstić information content (AvgIpc) is 3.62. The van der Waals surface area contributed by atoms with Crippen molar-refractivity contribution in [2.45, 2.75) is 50.5 Å². The number of fused-ring (bicyclic) bond motifs is 12. The molecule has 0 saturated heterocycles. The molecule has 1 aliphatic heterocycles. The second-order valence-corrected chi connectivity index (χ2v) is 18.8. The van der Waals surface area contributed by atoms with Crippen molar-refractivity contribution in [3.05, 3.63) is 228 Å². The maximum atomic E-state index is 4.77. The molecule has 2 atom stereocenters. The summed E-state index contributed by atoms with van der Waals surface area (Å²) in [5, 5.41) is 4.66. The maximum absolute atomic E-state index is 4.77. The standard InChI is InChI=1S/C62H47N3/c1-62(2)56-36-44(40-14-11-13-39(33-40)43-26-30-54-55(35-43)48-19-7-8-21-53(48)60-61(54)64-32-31-63-60)23-27-49(56)50-28-24-45(37-57(50)62)41-15-12-16-42(34-41)46-25-29-52-51-20-9-10-22-58(51)65(59(52)38-46)47-17-5-3-4-6-18-47/h3,5-24,26-37,46,59H,4,25,38H2,1-2H3. The molecule has 4 aliphatic rings. The van der Waals surface area contributed by atoms with Gasteiger partial charge in [0.05, 0.1) is 17.1 Å². The highest BCUT2D eigenvalue weighted by Crippen LogP contribution is 2.52. The number of hydrogen-bond donors (Lipinski definition) is 0. The fraction of sp³-hybridized carbons (Fsp3) is 0.129. The lowest BCUT2D eigenvalue weighted by atomic mass is 9.79. The van der Waals surface area contributed by atoms with Crippen LogP contribution in [0.25, 0.3) is 82.7 Å². The summed E-state index contributed by atoms with van der Waals surface area (Å²) in [5.41, 5.74) is 21.5. The number of allylic oxidation sites excluding steroid dienone is 6. The molecule has 0 amide bonds. The first-order valence-electron chi connectivity index (χ1n) is 23.2. The minimum Gasteiger partial charge on any atom is -0.333 e. The van der Waals surface area contributed by atoms with Gasteiger partial charge in [-0.15, -0.1) is 0 Å². The Morgan fingerprint density at radius 1 is 0.538 bits per heavy atom. The van der Waals surface area contributed by atoms with Crippen molar-refractivity contribution < 1.29 is 0 Å². The topological polar surface area (TPSA) is 29.0 Å². The van der Waals surface area contributed by atoms with Gasteiger partial charge in [0.2, 0.25) is 0 Å². The van der Waals surface area contributed by atoms with Crippen LogP contribution in [0.5, 0.6) is 0 Å². The zero-order valence-corrected chi connectivity index (χ0v) is 36.7. The first kappa shape index (κ1) is 37.9. The summed E-state index contributed by atoms with van der Waals surface area (Å²) < 4.78 is 0. The van der Waals surface area contributed by atoms with Gasteiger partial charge in [0.15, 0.2) is 0 Å². The largest absolute Gasteiger partial charge is 0.333 e. The number of hydrogen-bond acceptors (Lipinski definition) is 3. The molecule has 310 valence electrons. The molecular weight excluding hydrogens is 787 g/mol. The van der Waals surface area contributed by atoms with Crippen molar-refractivity contribution in [3.63, 3.8) is 0 Å². The first-order chi connectivity index (χ1) is 32.0. The van der Waals surface area contributed by atoms with Crippen LogP contribution < -0.4 is 4.90 Å². The van der Waals surface area contributed by atoms with E-state index in [9.17, 15) is 0 Å². The summed E-state index contributed by atoms with van der Waals surface area (Å²) in [6.07, 6.45) is 20.5. The molecule has 0 radical (unpaired) electrons.